The molecule has 0 spiro atoms. The van der Waals surface area contributed by atoms with Gasteiger partial charge in [-0.05, 0) is 18.9 Å². The number of carbonyl (C=O) groups is 1. The van der Waals surface area contributed by atoms with Crippen LogP contribution in [0.15, 0.2) is 23.2 Å². The summed E-state index contributed by atoms with van der Waals surface area (Å²) < 4.78 is 37.7. The average molecular weight is 480 g/mol. The van der Waals surface area contributed by atoms with Crippen molar-refractivity contribution >= 4 is 39.4 Å². The van der Waals surface area contributed by atoms with E-state index in [0.29, 0.717) is 5.82 Å². The first-order valence-corrected chi connectivity index (χ1v) is 11.2. The maximum absolute atomic E-state index is 13.2. The lowest BCUT2D eigenvalue weighted by Crippen LogP contribution is -2.23. The number of aliphatic hydroxyl groups excluding tert-OH is 1. The lowest BCUT2D eigenvalue weighted by molar-refractivity contribution is 0.153. The number of aromatic nitrogens is 2. The Kier molecular flexibility index (Phi) is 7.98. The van der Waals surface area contributed by atoms with E-state index in [0.717, 1.165) is 0 Å². The Labute approximate surface area is 184 Å². The summed E-state index contributed by atoms with van der Waals surface area (Å²) in [5.41, 5.74) is 5.22. The SMILES string of the molecule is CC(O)Cn1c(CCOC(N)=O)nc(C(C)C)c1S(=O)(=O)Oc1cc(Cl)cc(Cl)c1. The molecule has 1 aromatic carbocycles. The van der Waals surface area contributed by atoms with Crippen LogP contribution in [0.1, 0.15) is 38.2 Å². The largest absolute Gasteiger partial charge is 0.449 e. The molecule has 0 radical (unpaired) electrons. The quantitative estimate of drug-likeness (QED) is 0.527. The van der Waals surface area contributed by atoms with Gasteiger partial charge in [-0.15, -0.1) is 0 Å². The highest BCUT2D eigenvalue weighted by molar-refractivity contribution is 7.87. The maximum Gasteiger partial charge on any atom is 0.404 e. The van der Waals surface area contributed by atoms with E-state index in [9.17, 15) is 18.3 Å². The first kappa shape index (κ1) is 24.3. The Bertz CT molecular complexity index is 1000. The molecule has 0 aliphatic rings. The summed E-state index contributed by atoms with van der Waals surface area (Å²) in [6.45, 7) is 4.88. The minimum Gasteiger partial charge on any atom is -0.449 e. The minimum absolute atomic E-state index is 0.0642. The predicted molar refractivity (Wildman–Crippen MR) is 112 cm³/mol. The van der Waals surface area contributed by atoms with E-state index >= 15 is 0 Å². The molecule has 0 saturated heterocycles. The molecule has 3 N–H and O–H groups in total. The van der Waals surface area contributed by atoms with Gasteiger partial charge in [0.2, 0.25) is 0 Å². The number of carbonyl (C=O) groups excluding carboxylic acids is 1. The number of aliphatic hydroxyl groups is 1. The van der Waals surface area contributed by atoms with E-state index in [2.05, 4.69) is 4.98 Å². The smallest absolute Gasteiger partial charge is 0.404 e. The minimum atomic E-state index is -4.38. The van der Waals surface area contributed by atoms with Crippen LogP contribution in [0.5, 0.6) is 5.75 Å². The second kappa shape index (κ2) is 9.86. The van der Waals surface area contributed by atoms with Crippen LogP contribution in [0.25, 0.3) is 0 Å². The van der Waals surface area contributed by atoms with Crippen molar-refractivity contribution in [1.29, 1.82) is 0 Å². The van der Waals surface area contributed by atoms with Crippen LogP contribution in [0, 0.1) is 0 Å². The fourth-order valence-corrected chi connectivity index (χ4v) is 4.69. The van der Waals surface area contributed by atoms with Crippen molar-refractivity contribution in [3.8, 4) is 5.75 Å². The number of amides is 1. The fraction of sp³-hybridized carbons (Fsp3) is 0.444. The van der Waals surface area contributed by atoms with Gasteiger partial charge in [0.1, 0.15) is 18.2 Å². The van der Waals surface area contributed by atoms with Crippen LogP contribution in [0.4, 0.5) is 4.79 Å². The number of hydrogen-bond acceptors (Lipinski definition) is 7. The Morgan fingerprint density at radius 1 is 1.23 bits per heavy atom. The molecule has 166 valence electrons. The highest BCUT2D eigenvalue weighted by atomic mass is 35.5. The number of rotatable bonds is 9. The molecule has 0 bridgehead atoms. The van der Waals surface area contributed by atoms with Crippen molar-refractivity contribution < 1.29 is 27.2 Å². The molecule has 30 heavy (non-hydrogen) atoms. The summed E-state index contributed by atoms with van der Waals surface area (Å²) in [7, 11) is -4.38. The highest BCUT2D eigenvalue weighted by Gasteiger charge is 2.32. The maximum atomic E-state index is 13.2. The monoisotopic (exact) mass is 479 g/mol. The lowest BCUT2D eigenvalue weighted by atomic mass is 10.1. The number of benzene rings is 1. The third-order valence-electron chi connectivity index (χ3n) is 3.87. The van der Waals surface area contributed by atoms with Crippen LogP contribution in [0.2, 0.25) is 10.0 Å². The van der Waals surface area contributed by atoms with Crippen molar-refractivity contribution in [2.45, 2.75) is 50.8 Å². The highest BCUT2D eigenvalue weighted by Crippen LogP contribution is 2.31. The number of nitrogens with two attached hydrogens (primary N) is 1. The van der Waals surface area contributed by atoms with E-state index in [1.165, 1.54) is 29.7 Å². The molecule has 0 fully saturated rings. The van der Waals surface area contributed by atoms with Crippen molar-refractivity contribution in [2.75, 3.05) is 6.61 Å². The van der Waals surface area contributed by atoms with Gasteiger partial charge in [-0.2, -0.15) is 8.42 Å². The molecule has 0 saturated carbocycles. The second-order valence-electron chi connectivity index (χ2n) is 6.89. The summed E-state index contributed by atoms with van der Waals surface area (Å²) in [5.74, 6) is -0.0508. The summed E-state index contributed by atoms with van der Waals surface area (Å²) in [6.07, 6.45) is -1.75. The summed E-state index contributed by atoms with van der Waals surface area (Å²) in [4.78, 5) is 15.3. The van der Waals surface area contributed by atoms with Gasteiger partial charge in [-0.1, -0.05) is 37.0 Å². The number of imidazole rings is 1. The average Bonchev–Trinajstić information content (AvgIpc) is 2.92. The number of hydrogen-bond donors (Lipinski definition) is 2. The zero-order valence-electron chi connectivity index (χ0n) is 16.6. The first-order valence-electron chi connectivity index (χ1n) is 9.01. The molecule has 9 nitrogen and oxygen atoms in total. The molecule has 1 heterocycles. The van der Waals surface area contributed by atoms with Crippen LogP contribution in [0.3, 0.4) is 0 Å². The van der Waals surface area contributed by atoms with E-state index in [-0.39, 0.29) is 52.0 Å². The third kappa shape index (κ3) is 6.24. The summed E-state index contributed by atoms with van der Waals surface area (Å²) >= 11 is 11.9. The van der Waals surface area contributed by atoms with Crippen molar-refractivity contribution in [2.24, 2.45) is 5.73 Å². The fourth-order valence-electron chi connectivity index (χ4n) is 2.77. The molecular formula is C18H23Cl2N3O6S. The Balaban J connectivity index is 2.56. The van der Waals surface area contributed by atoms with Crippen LogP contribution in [-0.2, 0) is 27.8 Å². The molecule has 1 atom stereocenters. The number of primary amides is 1. The van der Waals surface area contributed by atoms with Crippen molar-refractivity contribution in [3.63, 3.8) is 0 Å². The van der Waals surface area contributed by atoms with Crippen LogP contribution < -0.4 is 9.92 Å². The van der Waals surface area contributed by atoms with E-state index in [1.54, 1.807) is 13.8 Å². The molecule has 0 aliphatic heterocycles. The number of halogens is 2. The van der Waals surface area contributed by atoms with Gasteiger partial charge >= 0.3 is 16.2 Å². The molecule has 1 unspecified atom stereocenters. The van der Waals surface area contributed by atoms with Gasteiger partial charge in [0, 0.05) is 28.6 Å². The summed E-state index contributed by atoms with van der Waals surface area (Å²) in [6, 6.07) is 4.07. The van der Waals surface area contributed by atoms with Crippen molar-refractivity contribution in [3.05, 3.63) is 39.8 Å². The van der Waals surface area contributed by atoms with Gasteiger partial charge in [-0.3, -0.25) is 0 Å². The molecule has 1 amide bonds. The number of ether oxygens (including phenoxy) is 1. The van der Waals surface area contributed by atoms with Gasteiger partial charge in [0.25, 0.3) is 0 Å². The Morgan fingerprint density at radius 2 is 1.83 bits per heavy atom. The molecule has 1 aromatic heterocycles. The normalized spacial score (nSPS) is 12.8. The predicted octanol–water partition coefficient (Wildman–Crippen LogP) is 3.10. The van der Waals surface area contributed by atoms with E-state index in [1.807, 2.05) is 0 Å². The number of nitrogens with zero attached hydrogens (tertiary/aromatic N) is 2. The van der Waals surface area contributed by atoms with E-state index < -0.39 is 22.3 Å². The first-order chi connectivity index (χ1) is 13.9. The molecule has 12 heteroatoms. The van der Waals surface area contributed by atoms with Crippen LogP contribution >= 0.6 is 23.2 Å². The molecule has 2 aromatic rings. The zero-order chi connectivity index (χ0) is 22.6. The third-order valence-corrected chi connectivity index (χ3v) is 5.62. The summed E-state index contributed by atoms with van der Waals surface area (Å²) in [5, 5.41) is 10.1. The lowest BCUT2D eigenvalue weighted by Gasteiger charge is -2.16. The zero-order valence-corrected chi connectivity index (χ0v) is 19.0. The molecule has 2 rings (SSSR count). The van der Waals surface area contributed by atoms with E-state index in [4.69, 9.17) is 37.9 Å². The Morgan fingerprint density at radius 3 is 2.33 bits per heavy atom. The Hall–Kier alpha value is -2.01. The van der Waals surface area contributed by atoms with Gasteiger partial charge < -0.3 is 24.3 Å². The van der Waals surface area contributed by atoms with Crippen LogP contribution in [-0.4, -0.2) is 41.9 Å². The standard InChI is InChI=1S/C18H23Cl2N3O6S/c1-10(2)16-17(30(26,27)29-14-7-12(19)6-13(20)8-14)23(9-11(3)24)15(22-16)4-5-28-18(21)25/h6-8,10-11,24H,4-5,9H2,1-3H3,(H2,21,25). The van der Waals surface area contributed by atoms with Gasteiger partial charge in [0.05, 0.1) is 18.3 Å². The second-order valence-corrected chi connectivity index (χ2v) is 9.23. The van der Waals surface area contributed by atoms with Gasteiger partial charge in [-0.25, -0.2) is 9.78 Å². The van der Waals surface area contributed by atoms with Gasteiger partial charge in [0.15, 0.2) is 5.03 Å². The topological polar surface area (TPSA) is 134 Å². The molecule has 0 aliphatic carbocycles. The molecular weight excluding hydrogens is 457 g/mol. The van der Waals surface area contributed by atoms with Crippen molar-refractivity contribution in [1.82, 2.24) is 9.55 Å².